The zero-order chi connectivity index (χ0) is 20.4. The molecule has 0 saturated carbocycles. The minimum atomic E-state index is -3.71. The molecule has 4 rings (SSSR count). The summed E-state index contributed by atoms with van der Waals surface area (Å²) in [5, 5.41) is 0.494. The molecule has 1 aromatic heterocycles. The van der Waals surface area contributed by atoms with Gasteiger partial charge in [0, 0.05) is 11.4 Å². The van der Waals surface area contributed by atoms with Crippen molar-refractivity contribution in [2.45, 2.75) is 4.90 Å². The van der Waals surface area contributed by atoms with Crippen LogP contribution in [-0.2, 0) is 10.0 Å². The second-order valence-electron chi connectivity index (χ2n) is 6.24. The number of nitrogens with one attached hydrogen (secondary N) is 1. The highest BCUT2D eigenvalue weighted by molar-refractivity contribution is 7.92. The third-order valence-electron chi connectivity index (χ3n) is 4.34. The highest BCUT2D eigenvalue weighted by Crippen LogP contribution is 2.26. The Bertz CT molecular complexity index is 1240. The first-order valence-electron chi connectivity index (χ1n) is 8.61. The molecular formula is C21H15Cl2N3O2S. The Morgan fingerprint density at radius 1 is 0.793 bits per heavy atom. The summed E-state index contributed by atoms with van der Waals surface area (Å²) < 4.78 is 29.6. The van der Waals surface area contributed by atoms with Crippen LogP contribution in [0.5, 0.6) is 0 Å². The van der Waals surface area contributed by atoms with Gasteiger partial charge >= 0.3 is 0 Å². The van der Waals surface area contributed by atoms with Crippen LogP contribution in [0.1, 0.15) is 0 Å². The molecule has 3 aromatic carbocycles. The van der Waals surface area contributed by atoms with E-state index in [2.05, 4.69) is 9.71 Å². The van der Waals surface area contributed by atoms with Gasteiger partial charge in [0.2, 0.25) is 0 Å². The van der Waals surface area contributed by atoms with Crippen LogP contribution in [0.3, 0.4) is 0 Å². The molecule has 0 aliphatic carbocycles. The zero-order valence-electron chi connectivity index (χ0n) is 15.0. The fourth-order valence-corrected chi connectivity index (χ4v) is 4.24. The highest BCUT2D eigenvalue weighted by atomic mass is 35.5. The van der Waals surface area contributed by atoms with Crippen molar-refractivity contribution in [3.8, 4) is 16.8 Å². The van der Waals surface area contributed by atoms with E-state index in [1.54, 1.807) is 53.1 Å². The molecule has 0 aliphatic heterocycles. The van der Waals surface area contributed by atoms with E-state index in [1.165, 1.54) is 6.33 Å². The second kappa shape index (κ2) is 7.91. The van der Waals surface area contributed by atoms with Gasteiger partial charge in [-0.15, -0.1) is 0 Å². The van der Waals surface area contributed by atoms with Gasteiger partial charge in [0.25, 0.3) is 10.0 Å². The van der Waals surface area contributed by atoms with Crippen molar-refractivity contribution in [2.75, 3.05) is 4.72 Å². The van der Waals surface area contributed by atoms with Crippen molar-refractivity contribution < 1.29 is 8.42 Å². The lowest BCUT2D eigenvalue weighted by atomic mass is 10.1. The molecule has 0 spiro atoms. The van der Waals surface area contributed by atoms with E-state index in [9.17, 15) is 8.42 Å². The minimum Gasteiger partial charge on any atom is -0.288 e. The number of nitrogens with zero attached hydrogens (tertiary/aromatic N) is 2. The van der Waals surface area contributed by atoms with Gasteiger partial charge in [-0.3, -0.25) is 9.29 Å². The molecule has 146 valence electrons. The van der Waals surface area contributed by atoms with Crippen LogP contribution < -0.4 is 4.72 Å². The second-order valence-corrected chi connectivity index (χ2v) is 8.64. The molecule has 0 atom stereocenters. The van der Waals surface area contributed by atoms with Crippen LogP contribution in [0.4, 0.5) is 5.69 Å². The maximum atomic E-state index is 12.7. The summed E-state index contributed by atoms with van der Waals surface area (Å²) in [7, 11) is -3.71. The van der Waals surface area contributed by atoms with Crippen molar-refractivity contribution in [1.29, 1.82) is 0 Å². The normalized spacial score (nSPS) is 11.4. The summed E-state index contributed by atoms with van der Waals surface area (Å²) in [4.78, 5) is 4.11. The van der Waals surface area contributed by atoms with Crippen LogP contribution in [-0.4, -0.2) is 18.0 Å². The third kappa shape index (κ3) is 4.15. The standard InChI is InChI=1S/C21H15Cl2N3O2S/c22-20-21(23)26(14-24-20)18-10-8-17(9-11-18)25-29(27,28)19-12-6-16(7-13-19)15-4-2-1-3-5-15/h1-14,25H. The first-order valence-corrected chi connectivity index (χ1v) is 10.8. The van der Waals surface area contributed by atoms with Crippen molar-refractivity contribution in [2.24, 2.45) is 0 Å². The van der Waals surface area contributed by atoms with Crippen molar-refractivity contribution >= 4 is 38.9 Å². The van der Waals surface area contributed by atoms with E-state index in [-0.39, 0.29) is 10.0 Å². The average molecular weight is 444 g/mol. The van der Waals surface area contributed by atoms with Crippen LogP contribution in [0, 0.1) is 0 Å². The van der Waals surface area contributed by atoms with E-state index >= 15 is 0 Å². The topological polar surface area (TPSA) is 64.0 Å². The smallest absolute Gasteiger partial charge is 0.261 e. The number of rotatable bonds is 5. The number of sulfonamides is 1. The van der Waals surface area contributed by atoms with E-state index in [4.69, 9.17) is 23.2 Å². The maximum Gasteiger partial charge on any atom is 0.261 e. The van der Waals surface area contributed by atoms with Gasteiger partial charge in [-0.05, 0) is 47.5 Å². The monoisotopic (exact) mass is 443 g/mol. The molecule has 5 nitrogen and oxygen atoms in total. The molecule has 1 N–H and O–H groups in total. The lowest BCUT2D eigenvalue weighted by Gasteiger charge is -2.10. The number of aromatic nitrogens is 2. The summed E-state index contributed by atoms with van der Waals surface area (Å²) in [6.07, 6.45) is 1.50. The number of benzene rings is 3. The van der Waals surface area contributed by atoms with Gasteiger partial charge < -0.3 is 0 Å². The van der Waals surface area contributed by atoms with Gasteiger partial charge in [-0.25, -0.2) is 13.4 Å². The number of imidazole rings is 1. The van der Waals surface area contributed by atoms with Gasteiger partial charge in [0.1, 0.15) is 6.33 Å². The average Bonchev–Trinajstić information content (AvgIpc) is 3.08. The van der Waals surface area contributed by atoms with Gasteiger partial charge in [0.15, 0.2) is 10.3 Å². The van der Waals surface area contributed by atoms with Crippen molar-refractivity contribution in [3.05, 3.63) is 95.5 Å². The zero-order valence-corrected chi connectivity index (χ0v) is 17.3. The summed E-state index contributed by atoms with van der Waals surface area (Å²) in [6.45, 7) is 0. The predicted octanol–water partition coefficient (Wildman–Crippen LogP) is 5.65. The molecule has 0 fully saturated rings. The van der Waals surface area contributed by atoms with Crippen LogP contribution in [0.2, 0.25) is 10.3 Å². The SMILES string of the molecule is O=S(=O)(Nc1ccc(-n2cnc(Cl)c2Cl)cc1)c1ccc(-c2ccccc2)cc1. The Kier molecular flexibility index (Phi) is 5.32. The molecule has 0 aliphatic rings. The first-order chi connectivity index (χ1) is 13.9. The molecule has 29 heavy (non-hydrogen) atoms. The van der Waals surface area contributed by atoms with Crippen LogP contribution in [0.25, 0.3) is 16.8 Å². The lowest BCUT2D eigenvalue weighted by Crippen LogP contribution is -2.12. The minimum absolute atomic E-state index is 0.186. The number of hydrogen-bond donors (Lipinski definition) is 1. The van der Waals surface area contributed by atoms with E-state index < -0.39 is 10.0 Å². The van der Waals surface area contributed by atoms with Crippen molar-refractivity contribution in [3.63, 3.8) is 0 Å². The quantitative estimate of drug-likeness (QED) is 0.433. The molecular weight excluding hydrogens is 429 g/mol. The first kappa shape index (κ1) is 19.5. The fraction of sp³-hybridized carbons (Fsp3) is 0. The largest absolute Gasteiger partial charge is 0.288 e. The summed E-state index contributed by atoms with van der Waals surface area (Å²) in [5.41, 5.74) is 3.12. The summed E-state index contributed by atoms with van der Waals surface area (Å²) >= 11 is 11.9. The van der Waals surface area contributed by atoms with Gasteiger partial charge in [-0.1, -0.05) is 65.7 Å². The van der Waals surface area contributed by atoms with Crippen molar-refractivity contribution in [1.82, 2.24) is 9.55 Å². The Hall–Kier alpha value is -2.80. The highest BCUT2D eigenvalue weighted by Gasteiger charge is 2.15. The Balaban J connectivity index is 1.53. The molecule has 4 aromatic rings. The molecule has 0 unspecified atom stereocenters. The molecule has 0 bridgehead atoms. The predicted molar refractivity (Wildman–Crippen MR) is 116 cm³/mol. The molecule has 0 saturated heterocycles. The van der Waals surface area contributed by atoms with E-state index in [1.807, 2.05) is 30.3 Å². The number of halogens is 2. The third-order valence-corrected chi connectivity index (χ3v) is 6.47. The molecule has 8 heteroatoms. The van der Waals surface area contributed by atoms with E-state index in [0.29, 0.717) is 16.5 Å². The fourth-order valence-electron chi connectivity index (χ4n) is 2.85. The van der Waals surface area contributed by atoms with Gasteiger partial charge in [0.05, 0.1) is 4.90 Å². The Morgan fingerprint density at radius 2 is 1.41 bits per heavy atom. The van der Waals surface area contributed by atoms with E-state index in [0.717, 1.165) is 11.1 Å². The van der Waals surface area contributed by atoms with Crippen LogP contribution >= 0.6 is 23.2 Å². The van der Waals surface area contributed by atoms with Crippen LogP contribution in [0.15, 0.2) is 90.1 Å². The molecule has 0 amide bonds. The Morgan fingerprint density at radius 3 is 2.00 bits per heavy atom. The van der Waals surface area contributed by atoms with Gasteiger partial charge in [-0.2, -0.15) is 0 Å². The number of hydrogen-bond acceptors (Lipinski definition) is 3. The summed E-state index contributed by atoms with van der Waals surface area (Å²) in [6, 6.07) is 23.3. The molecule has 0 radical (unpaired) electrons. The number of anilines is 1. The lowest BCUT2D eigenvalue weighted by molar-refractivity contribution is 0.601. The summed E-state index contributed by atoms with van der Waals surface area (Å²) in [5.74, 6) is 0. The maximum absolute atomic E-state index is 12.7. The molecule has 1 heterocycles. The Labute approximate surface area is 178 Å².